The fraction of sp³-hybridized carbons (Fsp3) is 0.231. The van der Waals surface area contributed by atoms with Gasteiger partial charge >= 0.3 is 0 Å². The number of ether oxygens (including phenoxy) is 1. The van der Waals surface area contributed by atoms with Crippen LogP contribution in [-0.2, 0) is 14.8 Å². The minimum absolute atomic E-state index is 0.132. The Balaban J connectivity index is 2.48. The Hall–Kier alpha value is -1.83. The molecule has 0 fully saturated rings. The van der Waals surface area contributed by atoms with Crippen LogP contribution >= 0.6 is 0 Å². The number of anilines is 1. The van der Waals surface area contributed by atoms with Crippen LogP contribution in [0.2, 0.25) is 0 Å². The highest BCUT2D eigenvalue weighted by Gasteiger charge is 2.20. The van der Waals surface area contributed by atoms with Crippen molar-refractivity contribution in [1.82, 2.24) is 4.72 Å². The molecule has 0 atom stereocenters. The normalized spacial score (nSPS) is 11.8. The number of aromatic hydroxyl groups is 1. The van der Waals surface area contributed by atoms with Crippen LogP contribution in [0.5, 0.6) is 5.75 Å². The van der Waals surface area contributed by atoms with Gasteiger partial charge in [0.1, 0.15) is 10.6 Å². The average Bonchev–Trinajstić information content (AvgIpc) is 2.40. The van der Waals surface area contributed by atoms with E-state index in [9.17, 15) is 13.5 Å². The van der Waals surface area contributed by atoms with Gasteiger partial charge in [-0.15, -0.1) is 0 Å². The number of hydrogen-bond acceptors (Lipinski definition) is 5. The molecular formula is C13H16N2O4S. The smallest absolute Gasteiger partial charge is 0.244 e. The SMILES string of the molecule is COCCNS(=O)(=O)c1ccc2c(N)cccc2c1O. The first-order chi connectivity index (χ1) is 9.47. The van der Waals surface area contributed by atoms with Gasteiger partial charge in [-0.25, -0.2) is 13.1 Å². The molecule has 0 heterocycles. The molecule has 108 valence electrons. The number of methoxy groups -OCH3 is 1. The minimum atomic E-state index is -3.79. The summed E-state index contributed by atoms with van der Waals surface area (Å²) in [7, 11) is -2.31. The summed E-state index contributed by atoms with van der Waals surface area (Å²) in [6.07, 6.45) is 0. The highest BCUT2D eigenvalue weighted by atomic mass is 32.2. The van der Waals surface area contributed by atoms with E-state index in [1.54, 1.807) is 24.3 Å². The maximum atomic E-state index is 12.1. The lowest BCUT2D eigenvalue weighted by Crippen LogP contribution is -2.27. The zero-order valence-corrected chi connectivity index (χ0v) is 11.8. The number of phenolic OH excluding ortho intramolecular Hbond substituents is 1. The molecule has 0 amide bonds. The largest absolute Gasteiger partial charge is 0.506 e. The Bertz CT molecular complexity index is 728. The van der Waals surface area contributed by atoms with Crippen molar-refractivity contribution in [1.29, 1.82) is 0 Å². The van der Waals surface area contributed by atoms with Crippen LogP contribution in [0.15, 0.2) is 35.2 Å². The van der Waals surface area contributed by atoms with Crippen LogP contribution in [0.25, 0.3) is 10.8 Å². The molecule has 4 N–H and O–H groups in total. The quantitative estimate of drug-likeness (QED) is 0.565. The highest BCUT2D eigenvalue weighted by molar-refractivity contribution is 7.89. The van der Waals surface area contributed by atoms with Crippen molar-refractivity contribution in [3.05, 3.63) is 30.3 Å². The monoisotopic (exact) mass is 296 g/mol. The third-order valence-corrected chi connectivity index (χ3v) is 4.41. The summed E-state index contributed by atoms with van der Waals surface area (Å²) in [5.74, 6) is -0.306. The fourth-order valence-electron chi connectivity index (χ4n) is 1.92. The molecule has 2 aromatic rings. The third kappa shape index (κ3) is 2.69. The number of benzene rings is 2. The lowest BCUT2D eigenvalue weighted by atomic mass is 10.1. The van der Waals surface area contributed by atoms with Crippen molar-refractivity contribution in [2.45, 2.75) is 4.90 Å². The molecule has 20 heavy (non-hydrogen) atoms. The third-order valence-electron chi connectivity index (χ3n) is 2.92. The van der Waals surface area contributed by atoms with Crippen molar-refractivity contribution in [3.63, 3.8) is 0 Å². The molecule has 7 heteroatoms. The molecule has 6 nitrogen and oxygen atoms in total. The molecule has 0 aliphatic rings. The van der Waals surface area contributed by atoms with E-state index in [0.29, 0.717) is 16.5 Å². The van der Waals surface area contributed by atoms with Gasteiger partial charge in [0.25, 0.3) is 0 Å². The van der Waals surface area contributed by atoms with E-state index in [2.05, 4.69) is 4.72 Å². The Morgan fingerprint density at radius 3 is 2.70 bits per heavy atom. The lowest BCUT2D eigenvalue weighted by molar-refractivity contribution is 0.204. The second-order valence-corrected chi connectivity index (χ2v) is 5.98. The van der Waals surface area contributed by atoms with Gasteiger partial charge in [0.05, 0.1) is 6.61 Å². The summed E-state index contributed by atoms with van der Waals surface area (Å²) < 4.78 is 31.3. The second-order valence-electron chi connectivity index (χ2n) is 4.25. The van der Waals surface area contributed by atoms with Crippen LogP contribution in [0.3, 0.4) is 0 Å². The molecule has 0 aliphatic heterocycles. The van der Waals surface area contributed by atoms with Crippen molar-refractivity contribution in [2.24, 2.45) is 0 Å². The number of nitrogens with two attached hydrogens (primary N) is 1. The molecule has 0 aromatic heterocycles. The van der Waals surface area contributed by atoms with Crippen molar-refractivity contribution < 1.29 is 18.3 Å². The first-order valence-electron chi connectivity index (χ1n) is 5.96. The van der Waals surface area contributed by atoms with Crippen molar-refractivity contribution >= 4 is 26.5 Å². The number of sulfonamides is 1. The molecule has 0 bridgehead atoms. The van der Waals surface area contributed by atoms with E-state index >= 15 is 0 Å². The van der Waals surface area contributed by atoms with Gasteiger partial charge in [-0.2, -0.15) is 0 Å². The maximum Gasteiger partial charge on any atom is 0.244 e. The predicted octanol–water partition coefficient (Wildman–Crippen LogP) is 1.05. The number of rotatable bonds is 5. The van der Waals surface area contributed by atoms with Gasteiger partial charge in [0.15, 0.2) is 0 Å². The van der Waals surface area contributed by atoms with E-state index in [-0.39, 0.29) is 23.8 Å². The molecule has 0 unspecified atom stereocenters. The fourth-order valence-corrected chi connectivity index (χ4v) is 3.04. The molecule has 0 aliphatic carbocycles. The molecule has 0 saturated carbocycles. The Morgan fingerprint density at radius 1 is 1.25 bits per heavy atom. The summed E-state index contributed by atoms with van der Waals surface area (Å²) >= 11 is 0. The number of phenols is 1. The first-order valence-corrected chi connectivity index (χ1v) is 7.44. The standard InChI is InChI=1S/C13H16N2O4S/c1-19-8-7-15-20(17,18)12-6-5-9-10(13(12)16)3-2-4-11(9)14/h2-6,15-16H,7-8,14H2,1H3. The average molecular weight is 296 g/mol. The summed E-state index contributed by atoms with van der Waals surface area (Å²) in [5.41, 5.74) is 6.27. The minimum Gasteiger partial charge on any atom is -0.506 e. The van der Waals surface area contributed by atoms with Crippen molar-refractivity contribution in [3.8, 4) is 5.75 Å². The van der Waals surface area contributed by atoms with E-state index in [1.165, 1.54) is 13.2 Å². The topological polar surface area (TPSA) is 102 Å². The molecule has 0 radical (unpaired) electrons. The molecular weight excluding hydrogens is 280 g/mol. The van der Waals surface area contributed by atoms with Crippen LogP contribution in [0.1, 0.15) is 0 Å². The first kappa shape index (κ1) is 14.6. The van der Waals surface area contributed by atoms with E-state index in [1.807, 2.05) is 0 Å². The second kappa shape index (κ2) is 5.66. The number of hydrogen-bond donors (Lipinski definition) is 3. The van der Waals surface area contributed by atoms with E-state index in [0.717, 1.165) is 0 Å². The van der Waals surface area contributed by atoms with E-state index < -0.39 is 10.0 Å². The van der Waals surface area contributed by atoms with Crippen LogP contribution in [0, 0.1) is 0 Å². The van der Waals surface area contributed by atoms with Crippen LogP contribution in [-0.4, -0.2) is 33.8 Å². The predicted molar refractivity (Wildman–Crippen MR) is 77.1 cm³/mol. The van der Waals surface area contributed by atoms with Gasteiger partial charge in [-0.3, -0.25) is 0 Å². The van der Waals surface area contributed by atoms with Gasteiger partial charge in [-0.1, -0.05) is 18.2 Å². The zero-order chi connectivity index (χ0) is 14.8. The Labute approximate surface area is 117 Å². The molecule has 2 aromatic carbocycles. The molecule has 0 saturated heterocycles. The van der Waals surface area contributed by atoms with Crippen LogP contribution < -0.4 is 10.5 Å². The van der Waals surface area contributed by atoms with Gasteiger partial charge in [-0.05, 0) is 12.1 Å². The van der Waals surface area contributed by atoms with Gasteiger partial charge in [0, 0.05) is 30.1 Å². The summed E-state index contributed by atoms with van der Waals surface area (Å²) in [4.78, 5) is -0.174. The maximum absolute atomic E-state index is 12.1. The zero-order valence-electron chi connectivity index (χ0n) is 11.0. The van der Waals surface area contributed by atoms with Crippen molar-refractivity contribution in [2.75, 3.05) is 26.0 Å². The molecule has 0 spiro atoms. The summed E-state index contributed by atoms with van der Waals surface area (Å²) in [6, 6.07) is 7.88. The number of fused-ring (bicyclic) bond motifs is 1. The van der Waals surface area contributed by atoms with Gasteiger partial charge in [0.2, 0.25) is 10.0 Å². The Morgan fingerprint density at radius 2 is 2.00 bits per heavy atom. The highest BCUT2D eigenvalue weighted by Crippen LogP contribution is 2.34. The van der Waals surface area contributed by atoms with E-state index in [4.69, 9.17) is 10.5 Å². The number of nitrogen functional groups attached to an aromatic ring is 1. The number of nitrogens with one attached hydrogen (secondary N) is 1. The Kier molecular flexibility index (Phi) is 4.12. The molecule has 2 rings (SSSR count). The summed E-state index contributed by atoms with van der Waals surface area (Å²) in [6.45, 7) is 0.383. The van der Waals surface area contributed by atoms with Gasteiger partial charge < -0.3 is 15.6 Å². The van der Waals surface area contributed by atoms with Crippen LogP contribution in [0.4, 0.5) is 5.69 Å². The summed E-state index contributed by atoms with van der Waals surface area (Å²) in [5, 5.41) is 11.2. The lowest BCUT2D eigenvalue weighted by Gasteiger charge is -2.11.